The Morgan fingerprint density at radius 3 is 2.84 bits per heavy atom. The van der Waals surface area contributed by atoms with E-state index in [0.717, 1.165) is 12.2 Å². The molecule has 2 rings (SSSR count). The molecule has 0 saturated carbocycles. The van der Waals surface area contributed by atoms with E-state index in [4.69, 9.17) is 5.11 Å². The summed E-state index contributed by atoms with van der Waals surface area (Å²) in [4.78, 5) is 21.7. The smallest absolute Gasteiger partial charge is 0.328 e. The second-order valence-electron chi connectivity index (χ2n) is 3.48. The van der Waals surface area contributed by atoms with Crippen LogP contribution in [0.15, 0.2) is 36.4 Å². The van der Waals surface area contributed by atoms with Gasteiger partial charge in [0.15, 0.2) is 0 Å². The Balaban J connectivity index is 2.12. The number of carbonyl (C=O) groups is 2. The Morgan fingerprint density at radius 2 is 2.16 bits per heavy atom. The first-order valence-corrected chi connectivity index (χ1v) is 5.21. The number of hydrogen-bond acceptors (Lipinski definition) is 5. The quantitative estimate of drug-likeness (QED) is 0.685. The molecule has 1 heterocycles. The summed E-state index contributed by atoms with van der Waals surface area (Å²) >= 11 is 0. The van der Waals surface area contributed by atoms with Crippen molar-refractivity contribution in [1.29, 1.82) is 0 Å². The van der Waals surface area contributed by atoms with Gasteiger partial charge in [-0.15, -0.1) is 10.2 Å². The number of tetrazole rings is 1. The molecule has 1 aromatic heterocycles. The molecule has 0 aliphatic heterocycles. The highest BCUT2D eigenvalue weighted by Crippen LogP contribution is 2.18. The first-order valence-electron chi connectivity index (χ1n) is 5.21. The predicted octanol–water partition coefficient (Wildman–Crippen LogP) is 0.446. The number of H-pyrrole nitrogens is 1. The number of benzene rings is 1. The number of carbonyl (C=O) groups excluding carboxylic acids is 1. The highest BCUT2D eigenvalue weighted by molar-refractivity contribution is 6.02. The zero-order chi connectivity index (χ0) is 13.7. The Kier molecular flexibility index (Phi) is 3.62. The van der Waals surface area contributed by atoms with E-state index in [2.05, 4.69) is 25.9 Å². The largest absolute Gasteiger partial charge is 0.478 e. The molecule has 3 N–H and O–H groups in total. The van der Waals surface area contributed by atoms with Crippen molar-refractivity contribution >= 4 is 17.6 Å². The number of nitrogens with one attached hydrogen (secondary N) is 2. The number of rotatable bonds is 4. The van der Waals surface area contributed by atoms with Crippen LogP contribution >= 0.6 is 0 Å². The van der Waals surface area contributed by atoms with Gasteiger partial charge in [-0.05, 0) is 17.3 Å². The molecule has 96 valence electrons. The van der Waals surface area contributed by atoms with Crippen molar-refractivity contribution < 1.29 is 14.7 Å². The molecule has 0 aliphatic carbocycles. The molecule has 0 saturated heterocycles. The number of hydrogen-bond donors (Lipinski definition) is 3. The molecular weight excluding hydrogens is 250 g/mol. The van der Waals surface area contributed by atoms with Gasteiger partial charge in [0.25, 0.3) is 0 Å². The van der Waals surface area contributed by atoms with Gasteiger partial charge in [-0.3, -0.25) is 4.79 Å². The van der Waals surface area contributed by atoms with Gasteiger partial charge >= 0.3 is 5.97 Å². The van der Waals surface area contributed by atoms with Gasteiger partial charge in [-0.25, -0.2) is 4.79 Å². The molecular formula is C11H9N5O3. The van der Waals surface area contributed by atoms with Gasteiger partial charge < -0.3 is 10.4 Å². The number of carboxylic acid groups (broad SMARTS) is 1. The van der Waals surface area contributed by atoms with Crippen LogP contribution in [0.4, 0.5) is 5.69 Å². The molecule has 0 bridgehead atoms. The third-order valence-corrected chi connectivity index (χ3v) is 2.11. The SMILES string of the molecule is O=C(O)/C=C/C(=O)Nc1cccc(-c2nn[nH]n2)c1. The van der Waals surface area contributed by atoms with E-state index in [1.807, 2.05) is 0 Å². The van der Waals surface area contributed by atoms with E-state index in [1.165, 1.54) is 0 Å². The lowest BCUT2D eigenvalue weighted by molar-refractivity contribution is -0.131. The van der Waals surface area contributed by atoms with Crippen LogP contribution in [0.3, 0.4) is 0 Å². The van der Waals surface area contributed by atoms with Crippen LogP contribution in [0, 0.1) is 0 Å². The fraction of sp³-hybridized carbons (Fsp3) is 0. The number of aromatic amines is 1. The summed E-state index contributed by atoms with van der Waals surface area (Å²) < 4.78 is 0. The summed E-state index contributed by atoms with van der Waals surface area (Å²) in [5.74, 6) is -1.32. The minimum atomic E-state index is -1.18. The molecule has 19 heavy (non-hydrogen) atoms. The number of amides is 1. The van der Waals surface area contributed by atoms with Gasteiger partial charge in [0.05, 0.1) is 0 Å². The maximum absolute atomic E-state index is 11.4. The van der Waals surface area contributed by atoms with Crippen molar-refractivity contribution in [1.82, 2.24) is 20.6 Å². The van der Waals surface area contributed by atoms with Crippen molar-refractivity contribution in [2.45, 2.75) is 0 Å². The van der Waals surface area contributed by atoms with Crippen LogP contribution in [-0.2, 0) is 9.59 Å². The second-order valence-corrected chi connectivity index (χ2v) is 3.48. The standard InChI is InChI=1S/C11H9N5O3/c17-9(4-5-10(18)19)12-8-3-1-2-7(6-8)11-13-15-16-14-11/h1-6H,(H,12,17)(H,18,19)(H,13,14,15,16)/b5-4+. The predicted molar refractivity (Wildman–Crippen MR) is 65.0 cm³/mol. The average Bonchev–Trinajstić information content (AvgIpc) is 2.90. The van der Waals surface area contributed by atoms with Crippen molar-refractivity contribution in [2.24, 2.45) is 0 Å². The van der Waals surface area contributed by atoms with Crippen LogP contribution < -0.4 is 5.32 Å². The van der Waals surface area contributed by atoms with E-state index in [-0.39, 0.29) is 0 Å². The van der Waals surface area contributed by atoms with Gasteiger partial charge in [0, 0.05) is 23.4 Å². The third-order valence-electron chi connectivity index (χ3n) is 2.11. The lowest BCUT2D eigenvalue weighted by Crippen LogP contribution is -2.08. The van der Waals surface area contributed by atoms with E-state index >= 15 is 0 Å². The van der Waals surface area contributed by atoms with Crippen LogP contribution in [0.1, 0.15) is 0 Å². The van der Waals surface area contributed by atoms with Gasteiger partial charge in [0.2, 0.25) is 11.7 Å². The molecule has 8 nitrogen and oxygen atoms in total. The zero-order valence-electron chi connectivity index (χ0n) is 9.57. The van der Waals surface area contributed by atoms with E-state index in [1.54, 1.807) is 24.3 Å². The van der Waals surface area contributed by atoms with Crippen molar-refractivity contribution in [3.63, 3.8) is 0 Å². The normalized spacial score (nSPS) is 10.5. The Bertz CT molecular complexity index is 621. The minimum Gasteiger partial charge on any atom is -0.478 e. The third kappa shape index (κ3) is 3.46. The van der Waals surface area contributed by atoms with Crippen LogP contribution in [0.5, 0.6) is 0 Å². The molecule has 0 radical (unpaired) electrons. The molecule has 2 aromatic rings. The van der Waals surface area contributed by atoms with Crippen molar-refractivity contribution in [3.05, 3.63) is 36.4 Å². The fourth-order valence-electron chi connectivity index (χ4n) is 1.35. The number of carboxylic acids is 1. The molecule has 0 spiro atoms. The number of aliphatic carboxylic acids is 1. The summed E-state index contributed by atoms with van der Waals surface area (Å²) in [5, 5.41) is 24.3. The number of aromatic nitrogens is 4. The first-order chi connectivity index (χ1) is 9.15. The van der Waals surface area contributed by atoms with Crippen LogP contribution in [0.2, 0.25) is 0 Å². The zero-order valence-corrected chi connectivity index (χ0v) is 9.57. The molecule has 1 aromatic carbocycles. The fourth-order valence-corrected chi connectivity index (χ4v) is 1.35. The second kappa shape index (κ2) is 5.54. The van der Waals surface area contributed by atoms with Gasteiger partial charge in [-0.1, -0.05) is 12.1 Å². The summed E-state index contributed by atoms with van der Waals surface area (Å²) in [6, 6.07) is 6.78. The average molecular weight is 259 g/mol. The maximum Gasteiger partial charge on any atom is 0.328 e. The molecule has 1 amide bonds. The Morgan fingerprint density at radius 1 is 1.32 bits per heavy atom. The monoisotopic (exact) mass is 259 g/mol. The first kappa shape index (κ1) is 12.4. The van der Waals surface area contributed by atoms with E-state index in [0.29, 0.717) is 17.1 Å². The van der Waals surface area contributed by atoms with E-state index < -0.39 is 11.9 Å². The minimum absolute atomic E-state index is 0.400. The molecule has 0 fully saturated rings. The molecule has 0 aliphatic rings. The molecule has 8 heteroatoms. The Labute approximate surface area is 107 Å². The van der Waals surface area contributed by atoms with Crippen LogP contribution in [0.25, 0.3) is 11.4 Å². The molecule has 0 atom stereocenters. The highest BCUT2D eigenvalue weighted by Gasteiger charge is 2.04. The van der Waals surface area contributed by atoms with Crippen LogP contribution in [-0.4, -0.2) is 37.6 Å². The van der Waals surface area contributed by atoms with Crippen molar-refractivity contribution in [3.8, 4) is 11.4 Å². The number of anilines is 1. The molecule has 0 unspecified atom stereocenters. The van der Waals surface area contributed by atoms with Gasteiger partial charge in [0.1, 0.15) is 0 Å². The summed E-state index contributed by atoms with van der Waals surface area (Å²) in [6.07, 6.45) is 1.70. The lowest BCUT2D eigenvalue weighted by atomic mass is 10.2. The number of nitrogens with zero attached hydrogens (tertiary/aromatic N) is 3. The highest BCUT2D eigenvalue weighted by atomic mass is 16.4. The van der Waals surface area contributed by atoms with Crippen molar-refractivity contribution in [2.75, 3.05) is 5.32 Å². The maximum atomic E-state index is 11.4. The summed E-state index contributed by atoms with van der Waals surface area (Å²) in [6.45, 7) is 0. The van der Waals surface area contributed by atoms with E-state index in [9.17, 15) is 9.59 Å². The lowest BCUT2D eigenvalue weighted by Gasteiger charge is -2.03. The summed E-state index contributed by atoms with van der Waals surface area (Å²) in [5.41, 5.74) is 1.18. The Hall–Kier alpha value is -3.03. The van der Waals surface area contributed by atoms with Gasteiger partial charge in [-0.2, -0.15) is 5.21 Å². The topological polar surface area (TPSA) is 121 Å². The summed E-state index contributed by atoms with van der Waals surface area (Å²) in [7, 11) is 0.